The first-order chi connectivity index (χ1) is 24.4. The summed E-state index contributed by atoms with van der Waals surface area (Å²) in [5, 5.41) is 16.1. The van der Waals surface area contributed by atoms with Gasteiger partial charge in [-0.15, -0.1) is 0 Å². The molecule has 1 amide bonds. The predicted octanol–water partition coefficient (Wildman–Crippen LogP) is 9.11. The van der Waals surface area contributed by atoms with Crippen LogP contribution in [-0.4, -0.2) is 54.3 Å². The number of alkyl halides is 3. The lowest BCUT2D eigenvalue weighted by molar-refractivity contribution is -0.138. The van der Waals surface area contributed by atoms with Crippen LogP contribution in [0.25, 0.3) is 11.4 Å². The minimum atomic E-state index is -4.67. The molecule has 5 rings (SSSR count). The summed E-state index contributed by atoms with van der Waals surface area (Å²) in [5.74, 6) is -0.656. The van der Waals surface area contributed by atoms with E-state index in [-0.39, 0.29) is 53.7 Å². The zero-order chi connectivity index (χ0) is 36.6. The van der Waals surface area contributed by atoms with Crippen molar-refractivity contribution in [3.8, 4) is 17.1 Å². The van der Waals surface area contributed by atoms with Crippen molar-refractivity contribution in [2.24, 2.45) is 5.92 Å². The number of rotatable bonds is 15. The number of carbonyl (C=O) groups is 1. The lowest BCUT2D eigenvalue weighted by Crippen LogP contribution is -2.67. The Balaban J connectivity index is 1.40. The molecular formula is C39H48F3N3O5Si. The zero-order valence-corrected chi connectivity index (χ0v) is 30.8. The monoisotopic (exact) mass is 723 g/mol. The summed E-state index contributed by atoms with van der Waals surface area (Å²) in [6, 6.07) is 23.1. The number of likely N-dealkylation sites (tertiary alicyclic amines) is 1. The number of hydrogen-bond donors (Lipinski definition) is 1. The molecule has 0 radical (unpaired) electrons. The van der Waals surface area contributed by atoms with Gasteiger partial charge < -0.3 is 18.8 Å². The van der Waals surface area contributed by atoms with Crippen molar-refractivity contribution in [2.75, 3.05) is 19.8 Å². The average Bonchev–Trinajstić information content (AvgIpc) is 3.76. The van der Waals surface area contributed by atoms with Gasteiger partial charge in [0.1, 0.15) is 11.8 Å². The molecule has 0 aliphatic carbocycles. The van der Waals surface area contributed by atoms with E-state index in [1.165, 1.54) is 17.0 Å². The van der Waals surface area contributed by atoms with Crippen LogP contribution in [0.1, 0.15) is 90.1 Å². The highest BCUT2D eigenvalue weighted by atomic mass is 28.4. The summed E-state index contributed by atoms with van der Waals surface area (Å²) in [4.78, 5) is 18.2. The topological polar surface area (TPSA) is 97.9 Å². The van der Waals surface area contributed by atoms with Gasteiger partial charge in [-0.1, -0.05) is 126 Å². The van der Waals surface area contributed by atoms with E-state index in [0.29, 0.717) is 12.8 Å². The number of hydrogen-bond acceptors (Lipinski definition) is 6. The average molecular weight is 724 g/mol. The van der Waals surface area contributed by atoms with Crippen molar-refractivity contribution in [1.29, 1.82) is 0 Å². The van der Waals surface area contributed by atoms with Gasteiger partial charge in [-0.2, -0.15) is 18.2 Å². The maximum atomic E-state index is 14.2. The van der Waals surface area contributed by atoms with Crippen molar-refractivity contribution in [3.63, 3.8) is 0 Å². The first kappa shape index (κ1) is 38.1. The highest BCUT2D eigenvalue weighted by molar-refractivity contribution is 6.99. The second-order valence-corrected chi connectivity index (χ2v) is 18.5. The summed E-state index contributed by atoms with van der Waals surface area (Å²) >= 11 is 0. The molecule has 2 atom stereocenters. The van der Waals surface area contributed by atoms with Crippen molar-refractivity contribution < 1.29 is 36.8 Å². The largest absolute Gasteiger partial charge is 0.493 e. The lowest BCUT2D eigenvalue weighted by atomic mass is 10.0. The highest BCUT2D eigenvalue weighted by Crippen LogP contribution is 2.42. The maximum absolute atomic E-state index is 14.2. The van der Waals surface area contributed by atoms with Gasteiger partial charge in [-0.25, -0.2) is 4.79 Å². The summed E-state index contributed by atoms with van der Waals surface area (Å²) in [5.41, 5.74) is -0.842. The third-order valence-electron chi connectivity index (χ3n) is 9.69. The Hall–Kier alpha value is -4.16. The smallest absolute Gasteiger partial charge is 0.419 e. The summed E-state index contributed by atoms with van der Waals surface area (Å²) in [6.07, 6.45) is 0.603. The number of halogens is 3. The van der Waals surface area contributed by atoms with Crippen LogP contribution < -0.4 is 15.1 Å². The molecule has 8 nitrogen and oxygen atoms in total. The van der Waals surface area contributed by atoms with E-state index in [2.05, 4.69) is 62.1 Å². The fourth-order valence-electron chi connectivity index (χ4n) is 7.13. The second-order valence-electron chi connectivity index (χ2n) is 14.2. The van der Waals surface area contributed by atoms with E-state index < -0.39 is 32.2 Å². The number of benzene rings is 3. The van der Waals surface area contributed by atoms with Gasteiger partial charge in [0.2, 0.25) is 11.7 Å². The molecular weight excluding hydrogens is 676 g/mol. The van der Waals surface area contributed by atoms with Gasteiger partial charge in [0.15, 0.2) is 0 Å². The molecule has 12 heteroatoms. The van der Waals surface area contributed by atoms with Crippen LogP contribution in [0, 0.1) is 5.92 Å². The molecule has 0 saturated carbocycles. The Morgan fingerprint density at radius 3 is 2.16 bits per heavy atom. The van der Waals surface area contributed by atoms with Crippen LogP contribution in [0.2, 0.25) is 5.04 Å². The number of aromatic nitrogens is 2. The Morgan fingerprint density at radius 1 is 0.941 bits per heavy atom. The van der Waals surface area contributed by atoms with E-state index in [0.717, 1.165) is 48.5 Å². The van der Waals surface area contributed by atoms with Gasteiger partial charge in [0, 0.05) is 24.6 Å². The van der Waals surface area contributed by atoms with E-state index in [4.69, 9.17) is 13.7 Å². The molecule has 1 aromatic heterocycles. The Labute approximate surface area is 299 Å². The Morgan fingerprint density at radius 2 is 1.57 bits per heavy atom. The molecule has 1 aliphatic rings. The SMILES string of the molecule is CCCCCCCCOc1ccc(-c2noc([C@@H]3[C@@H](CO[Si](c4ccccc4)(c4ccccc4)C(C)(C)C)CCN3C(=O)O)n2)cc1C(F)(F)F. The Bertz CT molecular complexity index is 1670. The van der Waals surface area contributed by atoms with E-state index in [1.54, 1.807) is 0 Å². The third kappa shape index (κ3) is 8.66. The van der Waals surface area contributed by atoms with Gasteiger partial charge >= 0.3 is 12.3 Å². The molecule has 1 N–H and O–H groups in total. The number of nitrogens with zero attached hydrogens (tertiary/aromatic N) is 3. The van der Waals surface area contributed by atoms with E-state index in [9.17, 15) is 23.1 Å². The van der Waals surface area contributed by atoms with E-state index in [1.807, 2.05) is 36.4 Å². The number of unbranched alkanes of at least 4 members (excludes halogenated alkanes) is 5. The standard InChI is InChI=1S/C39H48F3N3O5Si/c1-5-6-7-8-9-16-25-48-33-22-21-28(26-32(33)39(40,41)42)35-43-36(50-44-35)34-29(23-24-45(34)37(46)47)27-49-51(38(2,3)4,30-17-12-10-13-18-30)31-19-14-11-15-20-31/h10-15,17-22,26,29,34H,5-9,16,23-25,27H2,1-4H3,(H,46,47)/t29-,34+/m1/s1. The Kier molecular flexibility index (Phi) is 12.3. The summed E-state index contributed by atoms with van der Waals surface area (Å²) < 4.78 is 60.9. The summed E-state index contributed by atoms with van der Waals surface area (Å²) in [7, 11) is -2.95. The van der Waals surface area contributed by atoms with E-state index >= 15 is 0 Å². The van der Waals surface area contributed by atoms with Crippen molar-refractivity contribution >= 4 is 24.8 Å². The molecule has 274 valence electrons. The van der Waals surface area contributed by atoms with Crippen LogP contribution in [0.4, 0.5) is 18.0 Å². The second kappa shape index (κ2) is 16.5. The molecule has 3 aromatic carbocycles. The van der Waals surface area contributed by atoms with Gasteiger partial charge in [0.05, 0.1) is 12.2 Å². The van der Waals surface area contributed by atoms with Crippen LogP contribution in [0.5, 0.6) is 5.75 Å². The molecule has 1 aliphatic heterocycles. The first-order valence-electron chi connectivity index (χ1n) is 17.8. The predicted molar refractivity (Wildman–Crippen MR) is 193 cm³/mol. The van der Waals surface area contributed by atoms with Crippen LogP contribution in [-0.2, 0) is 10.6 Å². The number of carboxylic acid groups (broad SMARTS) is 1. The van der Waals surface area contributed by atoms with Crippen LogP contribution in [0.15, 0.2) is 83.4 Å². The molecule has 4 aromatic rings. The molecule has 51 heavy (non-hydrogen) atoms. The third-order valence-corrected chi connectivity index (χ3v) is 14.7. The van der Waals surface area contributed by atoms with Crippen LogP contribution >= 0.6 is 0 Å². The minimum absolute atomic E-state index is 0.0119. The normalized spacial score (nSPS) is 16.8. The van der Waals surface area contributed by atoms with Gasteiger partial charge in [-0.05, 0) is 46.5 Å². The molecule has 0 spiro atoms. The zero-order valence-electron chi connectivity index (χ0n) is 29.8. The molecule has 0 unspecified atom stereocenters. The first-order valence-corrected chi connectivity index (χ1v) is 19.7. The van der Waals surface area contributed by atoms with Crippen LogP contribution in [0.3, 0.4) is 0 Å². The maximum Gasteiger partial charge on any atom is 0.419 e. The molecule has 2 heterocycles. The van der Waals surface area contributed by atoms with Crippen molar-refractivity contribution in [3.05, 3.63) is 90.3 Å². The highest BCUT2D eigenvalue weighted by Gasteiger charge is 2.52. The minimum Gasteiger partial charge on any atom is -0.493 e. The fraction of sp³-hybridized carbons (Fsp3) is 0.462. The van der Waals surface area contributed by atoms with Gasteiger partial charge in [0.25, 0.3) is 8.32 Å². The van der Waals surface area contributed by atoms with Gasteiger partial charge in [-0.3, -0.25) is 4.90 Å². The quantitative estimate of drug-likeness (QED) is 0.0966. The number of ether oxygens (including phenoxy) is 1. The molecule has 1 saturated heterocycles. The summed E-state index contributed by atoms with van der Waals surface area (Å²) in [6.45, 7) is 9.24. The van der Waals surface area contributed by atoms with Crippen molar-refractivity contribution in [1.82, 2.24) is 15.0 Å². The fourth-order valence-corrected chi connectivity index (χ4v) is 11.7. The molecule has 1 fully saturated rings. The number of amides is 1. The van der Waals surface area contributed by atoms with Crippen molar-refractivity contribution in [2.45, 2.75) is 89.9 Å². The molecule has 0 bridgehead atoms. The lowest BCUT2D eigenvalue weighted by Gasteiger charge is -2.43.